The molecule has 0 aliphatic rings. The lowest BCUT2D eigenvalue weighted by molar-refractivity contribution is 0.0930. The van der Waals surface area contributed by atoms with Crippen LogP contribution in [0.25, 0.3) is 22.2 Å². The van der Waals surface area contributed by atoms with Crippen molar-refractivity contribution >= 4 is 16.9 Å². The summed E-state index contributed by atoms with van der Waals surface area (Å²) < 4.78 is 20.7. The lowest BCUT2D eigenvalue weighted by Gasteiger charge is -2.22. The highest BCUT2D eigenvalue weighted by Crippen LogP contribution is 2.26. The van der Waals surface area contributed by atoms with Gasteiger partial charge in [0.2, 0.25) is 0 Å². The van der Waals surface area contributed by atoms with E-state index in [9.17, 15) is 9.18 Å². The number of aryl methyl sites for hydroxylation is 1. The van der Waals surface area contributed by atoms with Crippen LogP contribution < -0.4 is 5.32 Å². The van der Waals surface area contributed by atoms with Gasteiger partial charge >= 0.3 is 0 Å². The maximum absolute atomic E-state index is 13.2. The van der Waals surface area contributed by atoms with E-state index >= 15 is 0 Å². The summed E-state index contributed by atoms with van der Waals surface area (Å²) in [7, 11) is 5.60. The van der Waals surface area contributed by atoms with E-state index in [1.165, 1.54) is 16.8 Å². The highest BCUT2D eigenvalue weighted by atomic mass is 19.1. The second kappa shape index (κ2) is 8.12. The molecule has 0 radical (unpaired) electrons. The van der Waals surface area contributed by atoms with Crippen molar-refractivity contribution in [3.05, 3.63) is 77.9 Å². The fourth-order valence-electron chi connectivity index (χ4n) is 3.43. The van der Waals surface area contributed by atoms with Crippen LogP contribution >= 0.6 is 0 Å². The van der Waals surface area contributed by atoms with Crippen LogP contribution in [-0.2, 0) is 7.05 Å². The maximum Gasteiger partial charge on any atom is 0.269 e. The highest BCUT2D eigenvalue weighted by Gasteiger charge is 2.21. The van der Waals surface area contributed by atoms with E-state index < -0.39 is 0 Å². The number of hydrogen-bond donors (Lipinski definition) is 1. The Kier molecular flexibility index (Phi) is 5.37. The summed E-state index contributed by atoms with van der Waals surface area (Å²) >= 11 is 0. The zero-order valence-corrected chi connectivity index (χ0v) is 17.1. The van der Waals surface area contributed by atoms with Crippen LogP contribution in [0.5, 0.6) is 0 Å². The largest absolute Gasteiger partial charge is 0.459 e. The van der Waals surface area contributed by atoms with E-state index in [0.29, 0.717) is 17.9 Å². The summed E-state index contributed by atoms with van der Waals surface area (Å²) in [6.45, 7) is 0.378. The van der Waals surface area contributed by atoms with Gasteiger partial charge < -0.3 is 9.73 Å². The molecule has 0 spiro atoms. The molecule has 1 amide bonds. The number of aromatic nitrogens is 2. The van der Waals surface area contributed by atoms with E-state index in [1.54, 1.807) is 25.2 Å². The van der Waals surface area contributed by atoms with Crippen molar-refractivity contribution in [3.63, 3.8) is 0 Å². The first-order valence-corrected chi connectivity index (χ1v) is 9.65. The Hall–Kier alpha value is -3.45. The van der Waals surface area contributed by atoms with Gasteiger partial charge in [0.05, 0.1) is 11.7 Å². The van der Waals surface area contributed by atoms with Crippen molar-refractivity contribution in [2.45, 2.75) is 6.04 Å². The minimum atomic E-state index is -0.312. The van der Waals surface area contributed by atoms with Gasteiger partial charge in [-0.25, -0.2) is 4.39 Å². The first-order chi connectivity index (χ1) is 14.4. The van der Waals surface area contributed by atoms with E-state index in [4.69, 9.17) is 4.42 Å². The number of amides is 1. The standard InChI is InChI=1S/C23H23FN4O2/c1-27(2)20(22-12-16-6-4-5-7-21(16)30-22)14-25-23(29)19-13-18(26-28(19)3)15-8-10-17(24)11-9-15/h4-13,20H,14H2,1-3H3,(H,25,29)/t20-/m0/s1. The second-order valence-corrected chi connectivity index (χ2v) is 7.42. The Morgan fingerprint density at radius 2 is 1.90 bits per heavy atom. The number of halogens is 1. The predicted octanol–water partition coefficient (Wildman–Crippen LogP) is 4.01. The van der Waals surface area contributed by atoms with Gasteiger partial charge in [-0.15, -0.1) is 0 Å². The van der Waals surface area contributed by atoms with E-state index in [-0.39, 0.29) is 17.8 Å². The Morgan fingerprint density at radius 1 is 1.17 bits per heavy atom. The summed E-state index contributed by atoms with van der Waals surface area (Å²) in [6, 6.07) is 17.4. The summed E-state index contributed by atoms with van der Waals surface area (Å²) in [6.07, 6.45) is 0. The van der Waals surface area contributed by atoms with Gasteiger partial charge in [0.15, 0.2) is 0 Å². The molecule has 0 fully saturated rings. The Morgan fingerprint density at radius 3 is 2.60 bits per heavy atom. The molecule has 0 unspecified atom stereocenters. The number of para-hydroxylation sites is 1. The van der Waals surface area contributed by atoms with Gasteiger partial charge in [-0.05, 0) is 56.6 Å². The maximum atomic E-state index is 13.2. The van der Waals surface area contributed by atoms with E-state index in [2.05, 4.69) is 10.4 Å². The normalized spacial score (nSPS) is 12.4. The molecular formula is C23H23FN4O2. The molecule has 2 aromatic heterocycles. The van der Waals surface area contributed by atoms with Crippen LogP contribution in [0, 0.1) is 5.82 Å². The molecule has 2 aromatic carbocycles. The van der Waals surface area contributed by atoms with E-state index in [1.807, 2.05) is 49.3 Å². The number of fused-ring (bicyclic) bond motifs is 1. The first-order valence-electron chi connectivity index (χ1n) is 9.65. The van der Waals surface area contributed by atoms with Crippen LogP contribution in [0.4, 0.5) is 4.39 Å². The molecule has 7 heteroatoms. The number of rotatable bonds is 6. The van der Waals surface area contributed by atoms with Crippen molar-refractivity contribution in [2.24, 2.45) is 7.05 Å². The molecule has 0 saturated heterocycles. The predicted molar refractivity (Wildman–Crippen MR) is 114 cm³/mol. The number of hydrogen-bond acceptors (Lipinski definition) is 4. The average Bonchev–Trinajstić information content (AvgIpc) is 3.31. The Labute approximate surface area is 173 Å². The molecule has 1 atom stereocenters. The zero-order chi connectivity index (χ0) is 21.3. The fraction of sp³-hybridized carbons (Fsp3) is 0.217. The molecule has 2 heterocycles. The smallest absolute Gasteiger partial charge is 0.269 e. The molecule has 0 aliphatic carbocycles. The third kappa shape index (κ3) is 3.97. The molecule has 6 nitrogen and oxygen atoms in total. The molecular weight excluding hydrogens is 383 g/mol. The number of likely N-dealkylation sites (N-methyl/N-ethyl adjacent to an activating group) is 1. The van der Waals surface area contributed by atoms with Gasteiger partial charge in [0, 0.05) is 24.5 Å². The van der Waals surface area contributed by atoms with Crippen molar-refractivity contribution in [3.8, 4) is 11.3 Å². The summed E-state index contributed by atoms with van der Waals surface area (Å²) in [4.78, 5) is 14.8. The molecule has 4 aromatic rings. The van der Waals surface area contributed by atoms with Crippen LogP contribution in [-0.4, -0.2) is 41.2 Å². The SMILES string of the molecule is CN(C)[C@@H](CNC(=O)c1cc(-c2ccc(F)cc2)nn1C)c1cc2ccccc2o1. The minimum absolute atomic E-state index is 0.119. The van der Waals surface area contributed by atoms with Crippen molar-refractivity contribution in [1.82, 2.24) is 20.0 Å². The Bertz CT molecular complexity index is 1140. The number of carbonyl (C=O) groups is 1. The van der Waals surface area contributed by atoms with Crippen LogP contribution in [0.1, 0.15) is 22.3 Å². The quantitative estimate of drug-likeness (QED) is 0.526. The molecule has 0 bridgehead atoms. The van der Waals surface area contributed by atoms with Crippen molar-refractivity contribution < 1.29 is 13.6 Å². The Balaban J connectivity index is 1.50. The molecule has 1 N–H and O–H groups in total. The lowest BCUT2D eigenvalue weighted by Crippen LogP contribution is -2.35. The number of nitrogens with one attached hydrogen (secondary N) is 1. The van der Waals surface area contributed by atoms with Crippen LogP contribution in [0.2, 0.25) is 0 Å². The number of nitrogens with zero attached hydrogens (tertiary/aromatic N) is 3. The molecule has 4 rings (SSSR count). The summed E-state index contributed by atoms with van der Waals surface area (Å²) in [5, 5.41) is 8.39. The second-order valence-electron chi connectivity index (χ2n) is 7.42. The lowest BCUT2D eigenvalue weighted by atomic mass is 10.1. The molecule has 0 saturated carbocycles. The minimum Gasteiger partial charge on any atom is -0.459 e. The molecule has 0 aliphatic heterocycles. The topological polar surface area (TPSA) is 63.3 Å². The monoisotopic (exact) mass is 406 g/mol. The van der Waals surface area contributed by atoms with Gasteiger partial charge in [-0.3, -0.25) is 14.4 Å². The summed E-state index contributed by atoms with van der Waals surface area (Å²) in [5.41, 5.74) is 2.61. The highest BCUT2D eigenvalue weighted by molar-refractivity contribution is 5.93. The van der Waals surface area contributed by atoms with Crippen molar-refractivity contribution in [1.29, 1.82) is 0 Å². The first kappa shape index (κ1) is 19.8. The van der Waals surface area contributed by atoms with Crippen molar-refractivity contribution in [2.75, 3.05) is 20.6 Å². The fourth-order valence-corrected chi connectivity index (χ4v) is 3.43. The third-order valence-electron chi connectivity index (χ3n) is 5.10. The number of furan rings is 1. The summed E-state index contributed by atoms with van der Waals surface area (Å²) in [5.74, 6) is 0.243. The van der Waals surface area contributed by atoms with E-state index in [0.717, 1.165) is 22.3 Å². The van der Waals surface area contributed by atoms with Gasteiger partial charge in [0.1, 0.15) is 22.9 Å². The zero-order valence-electron chi connectivity index (χ0n) is 17.1. The molecule has 30 heavy (non-hydrogen) atoms. The molecule has 154 valence electrons. The average molecular weight is 406 g/mol. The van der Waals surface area contributed by atoms with Gasteiger partial charge in [0.25, 0.3) is 5.91 Å². The third-order valence-corrected chi connectivity index (χ3v) is 5.10. The van der Waals surface area contributed by atoms with Gasteiger partial charge in [-0.2, -0.15) is 5.10 Å². The number of benzene rings is 2. The van der Waals surface area contributed by atoms with Crippen LogP contribution in [0.15, 0.2) is 65.1 Å². The van der Waals surface area contributed by atoms with Crippen LogP contribution in [0.3, 0.4) is 0 Å². The van der Waals surface area contributed by atoms with Gasteiger partial charge in [-0.1, -0.05) is 18.2 Å². The number of carbonyl (C=O) groups excluding carboxylic acids is 1.